The third-order valence-corrected chi connectivity index (χ3v) is 5.00. The Hall–Kier alpha value is 0.430. The van der Waals surface area contributed by atoms with Gasteiger partial charge in [-0.2, -0.15) is 0 Å². The second-order valence-corrected chi connectivity index (χ2v) is 7.42. The van der Waals surface area contributed by atoms with E-state index < -0.39 is 0 Å². The molecule has 0 aliphatic carbocycles. The van der Waals surface area contributed by atoms with Crippen LogP contribution in [0.25, 0.3) is 0 Å². The standard InChI is InChI=1S/C19H40P/c1-3-4-5-6-7-8-9-10-11-12-13-14-15-16-17-18-19-20-2/h3-19H2,1-2H3. The zero-order valence-electron chi connectivity index (χ0n) is 14.5. The zero-order chi connectivity index (χ0) is 14.7. The third-order valence-electron chi connectivity index (χ3n) is 4.24. The van der Waals surface area contributed by atoms with Gasteiger partial charge in [-0.05, 0) is 19.2 Å². The first-order valence-corrected chi connectivity index (χ1v) is 11.0. The predicted molar refractivity (Wildman–Crippen MR) is 97.3 cm³/mol. The van der Waals surface area contributed by atoms with Crippen LogP contribution in [-0.4, -0.2) is 12.8 Å². The highest BCUT2D eigenvalue weighted by atomic mass is 31.1. The van der Waals surface area contributed by atoms with Crippen molar-refractivity contribution in [2.24, 2.45) is 0 Å². The molecule has 0 rings (SSSR count). The Kier molecular flexibility index (Phi) is 19.8. The maximum Gasteiger partial charge on any atom is -0.0290 e. The summed E-state index contributed by atoms with van der Waals surface area (Å²) < 4.78 is 0. The summed E-state index contributed by atoms with van der Waals surface area (Å²) in [5.74, 6) is 0. The first kappa shape index (κ1) is 20.4. The van der Waals surface area contributed by atoms with E-state index in [1.165, 1.54) is 109 Å². The summed E-state index contributed by atoms with van der Waals surface area (Å²) in [5.41, 5.74) is 0. The molecule has 0 unspecified atom stereocenters. The zero-order valence-corrected chi connectivity index (χ0v) is 15.4. The molecule has 0 saturated carbocycles. The van der Waals surface area contributed by atoms with Crippen LogP contribution in [0.15, 0.2) is 0 Å². The van der Waals surface area contributed by atoms with Crippen LogP contribution >= 0.6 is 8.58 Å². The van der Waals surface area contributed by atoms with Gasteiger partial charge < -0.3 is 0 Å². The highest BCUT2D eigenvalue weighted by Gasteiger charge is 1.94. The van der Waals surface area contributed by atoms with E-state index in [2.05, 4.69) is 13.6 Å². The lowest BCUT2D eigenvalue weighted by molar-refractivity contribution is 0.531. The molecule has 0 aromatic heterocycles. The predicted octanol–water partition coefficient (Wildman–Crippen LogP) is 7.82. The normalized spacial score (nSPS) is 11.7. The molecule has 0 aromatic carbocycles. The highest BCUT2D eigenvalue weighted by molar-refractivity contribution is 7.36. The molecular formula is C19H40P. The first-order chi connectivity index (χ1) is 9.91. The van der Waals surface area contributed by atoms with Crippen LogP contribution in [0, 0.1) is 0 Å². The second kappa shape index (κ2) is 19.4. The lowest BCUT2D eigenvalue weighted by Gasteiger charge is -2.03. The van der Waals surface area contributed by atoms with Gasteiger partial charge in [-0.1, -0.05) is 112 Å². The molecule has 20 heavy (non-hydrogen) atoms. The summed E-state index contributed by atoms with van der Waals surface area (Å²) in [4.78, 5) is 0. The van der Waals surface area contributed by atoms with Gasteiger partial charge in [0.1, 0.15) is 0 Å². The first-order valence-electron chi connectivity index (χ1n) is 9.47. The summed E-state index contributed by atoms with van der Waals surface area (Å²) in [5, 5.41) is 0. The number of hydrogen-bond donors (Lipinski definition) is 0. The van der Waals surface area contributed by atoms with E-state index in [0.29, 0.717) is 0 Å². The van der Waals surface area contributed by atoms with Crippen LogP contribution in [0.2, 0.25) is 0 Å². The average Bonchev–Trinajstić information content (AvgIpc) is 2.47. The van der Waals surface area contributed by atoms with Gasteiger partial charge in [0, 0.05) is 0 Å². The third kappa shape index (κ3) is 18.4. The molecule has 0 atom stereocenters. The van der Waals surface area contributed by atoms with Crippen LogP contribution in [0.3, 0.4) is 0 Å². The minimum absolute atomic E-state index is 1.37. The van der Waals surface area contributed by atoms with Gasteiger partial charge in [-0.3, -0.25) is 0 Å². The average molecular weight is 300 g/mol. The molecule has 0 bridgehead atoms. The van der Waals surface area contributed by atoms with Gasteiger partial charge in [0.05, 0.1) is 0 Å². The summed E-state index contributed by atoms with van der Waals surface area (Å²) in [7, 11) is 1.58. The Morgan fingerprint density at radius 2 is 0.750 bits per heavy atom. The van der Waals surface area contributed by atoms with Crippen molar-refractivity contribution in [3.8, 4) is 0 Å². The summed E-state index contributed by atoms with van der Waals surface area (Å²) >= 11 is 0. The van der Waals surface area contributed by atoms with E-state index in [4.69, 9.17) is 0 Å². The Morgan fingerprint density at radius 1 is 0.450 bits per heavy atom. The van der Waals surface area contributed by atoms with Crippen molar-refractivity contribution >= 4 is 8.58 Å². The number of hydrogen-bond acceptors (Lipinski definition) is 0. The van der Waals surface area contributed by atoms with E-state index in [0.717, 1.165) is 0 Å². The minimum atomic E-state index is 1.37. The van der Waals surface area contributed by atoms with Gasteiger partial charge in [0.15, 0.2) is 0 Å². The molecule has 0 fully saturated rings. The Bertz CT molecular complexity index is 138. The van der Waals surface area contributed by atoms with Gasteiger partial charge in [-0.15, -0.1) is 0 Å². The van der Waals surface area contributed by atoms with Crippen LogP contribution in [0.5, 0.6) is 0 Å². The van der Waals surface area contributed by atoms with Crippen molar-refractivity contribution < 1.29 is 0 Å². The lowest BCUT2D eigenvalue weighted by atomic mass is 10.0. The van der Waals surface area contributed by atoms with E-state index in [1.807, 2.05) is 0 Å². The molecule has 1 heteroatoms. The molecule has 0 aliphatic rings. The van der Waals surface area contributed by atoms with Crippen molar-refractivity contribution in [1.29, 1.82) is 0 Å². The largest absolute Gasteiger partial charge is 0.0844 e. The maximum atomic E-state index is 2.30. The molecule has 0 heterocycles. The van der Waals surface area contributed by atoms with Crippen LogP contribution in [0.1, 0.15) is 110 Å². The molecule has 0 amide bonds. The van der Waals surface area contributed by atoms with E-state index in [9.17, 15) is 0 Å². The Balaban J connectivity index is 2.89. The van der Waals surface area contributed by atoms with E-state index >= 15 is 0 Å². The number of unbranched alkanes of at least 4 members (excludes halogenated alkanes) is 15. The van der Waals surface area contributed by atoms with Crippen molar-refractivity contribution in [2.45, 2.75) is 110 Å². The van der Waals surface area contributed by atoms with Crippen LogP contribution < -0.4 is 0 Å². The molecular weight excluding hydrogens is 259 g/mol. The molecule has 0 saturated heterocycles. The smallest absolute Gasteiger partial charge is 0.0290 e. The van der Waals surface area contributed by atoms with Gasteiger partial charge >= 0.3 is 0 Å². The van der Waals surface area contributed by atoms with Crippen LogP contribution in [-0.2, 0) is 0 Å². The summed E-state index contributed by atoms with van der Waals surface area (Å²) in [6.45, 7) is 4.57. The molecule has 0 aliphatic heterocycles. The van der Waals surface area contributed by atoms with E-state index in [1.54, 1.807) is 8.58 Å². The second-order valence-electron chi connectivity index (χ2n) is 6.34. The number of rotatable bonds is 17. The molecule has 0 spiro atoms. The molecule has 0 N–H and O–H groups in total. The molecule has 0 nitrogen and oxygen atoms in total. The fourth-order valence-electron chi connectivity index (χ4n) is 2.82. The van der Waals surface area contributed by atoms with Gasteiger partial charge in [-0.25, -0.2) is 0 Å². The Labute approximate surface area is 131 Å². The molecule has 1 radical (unpaired) electrons. The quantitative estimate of drug-likeness (QED) is 0.190. The SMILES string of the molecule is CCCCCCCCCCCCCCCCCC[P]C. The summed E-state index contributed by atoms with van der Waals surface area (Å²) in [6, 6.07) is 0. The fourth-order valence-corrected chi connectivity index (χ4v) is 3.36. The maximum absolute atomic E-state index is 2.30. The van der Waals surface area contributed by atoms with Crippen LogP contribution in [0.4, 0.5) is 0 Å². The van der Waals surface area contributed by atoms with Gasteiger partial charge in [0.25, 0.3) is 0 Å². The lowest BCUT2D eigenvalue weighted by Crippen LogP contribution is -1.84. The summed E-state index contributed by atoms with van der Waals surface area (Å²) in [6.07, 6.45) is 25.0. The molecule has 121 valence electrons. The fraction of sp³-hybridized carbons (Fsp3) is 1.00. The molecule has 0 aromatic rings. The highest BCUT2D eigenvalue weighted by Crippen LogP contribution is 2.14. The van der Waals surface area contributed by atoms with Crippen molar-refractivity contribution in [3.63, 3.8) is 0 Å². The van der Waals surface area contributed by atoms with E-state index in [-0.39, 0.29) is 0 Å². The topological polar surface area (TPSA) is 0 Å². The van der Waals surface area contributed by atoms with Crippen molar-refractivity contribution in [2.75, 3.05) is 12.8 Å². The van der Waals surface area contributed by atoms with Crippen molar-refractivity contribution in [3.05, 3.63) is 0 Å². The monoisotopic (exact) mass is 299 g/mol. The van der Waals surface area contributed by atoms with Gasteiger partial charge in [0.2, 0.25) is 0 Å². The Morgan fingerprint density at radius 3 is 1.05 bits per heavy atom. The van der Waals surface area contributed by atoms with Crippen molar-refractivity contribution in [1.82, 2.24) is 0 Å². The minimum Gasteiger partial charge on any atom is -0.0844 e.